The van der Waals surface area contributed by atoms with Crippen molar-refractivity contribution in [3.63, 3.8) is 0 Å². The summed E-state index contributed by atoms with van der Waals surface area (Å²) < 4.78 is 24.6. The minimum atomic E-state index is -0.650. The number of carbonyl (C=O) groups excluding carboxylic acids is 2. The Morgan fingerprint density at radius 1 is 0.523 bits per heavy atom. The second-order valence-corrected chi connectivity index (χ2v) is 10.5. The highest BCUT2D eigenvalue weighted by molar-refractivity contribution is 6.11. The highest BCUT2D eigenvalue weighted by Crippen LogP contribution is 2.43. The molecule has 6 nitrogen and oxygen atoms in total. The molecule has 0 saturated heterocycles. The lowest BCUT2D eigenvalue weighted by Gasteiger charge is -2.23. The van der Waals surface area contributed by atoms with Crippen LogP contribution < -0.4 is 9.47 Å². The summed E-state index contributed by atoms with van der Waals surface area (Å²) in [5, 5.41) is 3.31. The molecule has 0 aliphatic rings. The van der Waals surface area contributed by atoms with Gasteiger partial charge in [-0.2, -0.15) is 0 Å². The van der Waals surface area contributed by atoms with Gasteiger partial charge in [0, 0.05) is 32.7 Å². The fourth-order valence-corrected chi connectivity index (χ4v) is 4.87. The molecule has 0 radical (unpaired) electrons. The predicted molar refractivity (Wildman–Crippen MR) is 173 cm³/mol. The third kappa shape index (κ3) is 6.81. The average Bonchev–Trinajstić information content (AvgIpc) is 3.05. The lowest BCUT2D eigenvalue weighted by molar-refractivity contribution is -0.147. The van der Waals surface area contributed by atoms with Crippen LogP contribution in [0.25, 0.3) is 21.5 Å². The highest BCUT2D eigenvalue weighted by atomic mass is 16.6. The molecular formula is C38H34O6. The van der Waals surface area contributed by atoms with Crippen LogP contribution in [0.3, 0.4) is 0 Å². The van der Waals surface area contributed by atoms with Crippen molar-refractivity contribution >= 4 is 33.5 Å². The van der Waals surface area contributed by atoms with Gasteiger partial charge in [-0.15, -0.1) is 0 Å². The van der Waals surface area contributed by atoms with Crippen molar-refractivity contribution in [2.45, 2.75) is 26.1 Å². The molecule has 2 atom stereocenters. The summed E-state index contributed by atoms with van der Waals surface area (Å²) in [6.45, 7) is 10.9. The Labute approximate surface area is 257 Å². The minimum absolute atomic E-state index is 0.0875. The van der Waals surface area contributed by atoms with Crippen molar-refractivity contribution in [1.29, 1.82) is 0 Å². The summed E-state index contributed by atoms with van der Waals surface area (Å²) in [5.74, 6) is 0.316. The summed E-state index contributed by atoms with van der Waals surface area (Å²) in [4.78, 5) is 25.0. The maximum absolute atomic E-state index is 12.5. The zero-order valence-corrected chi connectivity index (χ0v) is 24.8. The Balaban J connectivity index is 1.52. The molecule has 0 N–H and O–H groups in total. The Bertz CT molecular complexity index is 1620. The lowest BCUT2D eigenvalue weighted by Crippen LogP contribution is -2.19. The molecule has 5 rings (SSSR count). The molecule has 0 bridgehead atoms. The van der Waals surface area contributed by atoms with E-state index in [1.807, 2.05) is 109 Å². The van der Waals surface area contributed by atoms with E-state index in [4.69, 9.17) is 18.9 Å². The molecule has 44 heavy (non-hydrogen) atoms. The fraction of sp³-hybridized carbons (Fsp3) is 0.158. The van der Waals surface area contributed by atoms with Gasteiger partial charge in [0.05, 0.1) is 0 Å². The minimum Gasteiger partial charge on any atom is -0.488 e. The van der Waals surface area contributed by atoms with Crippen LogP contribution >= 0.6 is 0 Å². The van der Waals surface area contributed by atoms with E-state index < -0.39 is 24.1 Å². The maximum atomic E-state index is 12.5. The summed E-state index contributed by atoms with van der Waals surface area (Å²) in [6, 6.07) is 34.6. The molecule has 222 valence electrons. The van der Waals surface area contributed by atoms with Crippen molar-refractivity contribution in [2.75, 3.05) is 13.2 Å². The van der Waals surface area contributed by atoms with Crippen LogP contribution in [-0.2, 0) is 19.1 Å². The SMILES string of the molecule is C=C(C)C(=O)OC(COc1c2ccccc2c(OCC(OC(=O)C(=C)C)c2ccccc2)c2ccccc12)c1ccccc1. The molecule has 0 amide bonds. The number of benzene rings is 5. The van der Waals surface area contributed by atoms with Crippen LogP contribution in [0.4, 0.5) is 0 Å². The second kappa shape index (κ2) is 13.7. The quantitative estimate of drug-likeness (QED) is 0.0830. The van der Waals surface area contributed by atoms with Gasteiger partial charge < -0.3 is 18.9 Å². The van der Waals surface area contributed by atoms with E-state index in [9.17, 15) is 9.59 Å². The third-order valence-electron chi connectivity index (χ3n) is 7.13. The summed E-state index contributed by atoms with van der Waals surface area (Å²) in [6.07, 6.45) is -1.30. The molecule has 0 fully saturated rings. The van der Waals surface area contributed by atoms with E-state index in [-0.39, 0.29) is 13.2 Å². The monoisotopic (exact) mass is 586 g/mol. The van der Waals surface area contributed by atoms with E-state index in [0.717, 1.165) is 32.7 Å². The third-order valence-corrected chi connectivity index (χ3v) is 7.13. The number of hydrogen-bond acceptors (Lipinski definition) is 6. The molecule has 0 spiro atoms. The van der Waals surface area contributed by atoms with Crippen LogP contribution in [0.1, 0.15) is 37.2 Å². The number of carbonyl (C=O) groups is 2. The van der Waals surface area contributed by atoms with Gasteiger partial charge in [-0.25, -0.2) is 9.59 Å². The Hall–Kier alpha value is -5.36. The van der Waals surface area contributed by atoms with Crippen molar-refractivity contribution < 1.29 is 28.5 Å². The molecule has 0 heterocycles. The molecule has 0 saturated carbocycles. The molecule has 5 aromatic carbocycles. The second-order valence-electron chi connectivity index (χ2n) is 10.5. The van der Waals surface area contributed by atoms with E-state index in [1.54, 1.807) is 13.8 Å². The summed E-state index contributed by atoms with van der Waals surface area (Å²) in [5.41, 5.74) is 2.25. The number of fused-ring (bicyclic) bond motifs is 2. The van der Waals surface area contributed by atoms with Crippen LogP contribution in [0.5, 0.6) is 11.5 Å². The van der Waals surface area contributed by atoms with E-state index in [0.29, 0.717) is 22.6 Å². The van der Waals surface area contributed by atoms with Gasteiger partial charge in [-0.3, -0.25) is 0 Å². The first kappa shape index (κ1) is 30.1. The first-order valence-corrected chi connectivity index (χ1v) is 14.4. The largest absolute Gasteiger partial charge is 0.488 e. The van der Waals surface area contributed by atoms with Gasteiger partial charge >= 0.3 is 11.9 Å². The van der Waals surface area contributed by atoms with Gasteiger partial charge in [-0.05, 0) is 25.0 Å². The standard InChI is InChI=1S/C38H34O6/c1-25(2)37(39)43-33(27-15-7-5-8-16-27)23-41-35-29-19-11-13-21-31(29)36(32-22-14-12-20-30(32)35)42-24-34(44-38(40)26(3)4)28-17-9-6-10-18-28/h5-22,33-34H,1,3,23-24H2,2,4H3. The van der Waals surface area contributed by atoms with Crippen molar-refractivity contribution in [3.8, 4) is 11.5 Å². The zero-order chi connectivity index (χ0) is 31.1. The number of hydrogen-bond donors (Lipinski definition) is 0. The molecule has 0 aliphatic heterocycles. The molecule has 6 heteroatoms. The van der Waals surface area contributed by atoms with Crippen LogP contribution in [0.15, 0.2) is 133 Å². The summed E-state index contributed by atoms with van der Waals surface area (Å²) in [7, 11) is 0. The Morgan fingerprint density at radius 2 is 0.818 bits per heavy atom. The number of esters is 2. The Morgan fingerprint density at radius 3 is 1.11 bits per heavy atom. The van der Waals surface area contributed by atoms with Gasteiger partial charge in [0.2, 0.25) is 0 Å². The molecule has 2 unspecified atom stereocenters. The van der Waals surface area contributed by atoms with Crippen LogP contribution in [-0.4, -0.2) is 25.2 Å². The van der Waals surface area contributed by atoms with Crippen LogP contribution in [0, 0.1) is 0 Å². The average molecular weight is 587 g/mol. The van der Waals surface area contributed by atoms with Gasteiger partial charge in [-0.1, -0.05) is 122 Å². The smallest absolute Gasteiger partial charge is 0.333 e. The Kier molecular flexibility index (Phi) is 9.40. The topological polar surface area (TPSA) is 71.1 Å². The van der Waals surface area contributed by atoms with E-state index >= 15 is 0 Å². The van der Waals surface area contributed by atoms with Crippen molar-refractivity contribution in [1.82, 2.24) is 0 Å². The van der Waals surface area contributed by atoms with Crippen molar-refractivity contribution in [3.05, 3.63) is 145 Å². The first-order chi connectivity index (χ1) is 21.3. The van der Waals surface area contributed by atoms with E-state index in [2.05, 4.69) is 13.2 Å². The maximum Gasteiger partial charge on any atom is 0.333 e. The van der Waals surface area contributed by atoms with Crippen LogP contribution in [0.2, 0.25) is 0 Å². The molecule has 0 aliphatic carbocycles. The predicted octanol–water partition coefficient (Wildman–Crippen LogP) is 8.47. The fourth-order valence-electron chi connectivity index (χ4n) is 4.87. The molecular weight excluding hydrogens is 552 g/mol. The number of rotatable bonds is 12. The van der Waals surface area contributed by atoms with Gasteiger partial charge in [0.25, 0.3) is 0 Å². The summed E-state index contributed by atoms with van der Waals surface area (Å²) >= 11 is 0. The lowest BCUT2D eigenvalue weighted by atomic mass is 10.0. The molecule has 5 aromatic rings. The number of ether oxygens (including phenoxy) is 4. The normalized spacial score (nSPS) is 12.2. The highest BCUT2D eigenvalue weighted by Gasteiger charge is 2.23. The van der Waals surface area contributed by atoms with Crippen molar-refractivity contribution in [2.24, 2.45) is 0 Å². The zero-order valence-electron chi connectivity index (χ0n) is 24.8. The molecule has 0 aromatic heterocycles. The first-order valence-electron chi connectivity index (χ1n) is 14.4. The van der Waals surface area contributed by atoms with E-state index in [1.165, 1.54) is 0 Å². The van der Waals surface area contributed by atoms with Gasteiger partial charge in [0.1, 0.15) is 24.7 Å². The van der Waals surface area contributed by atoms with Gasteiger partial charge in [0.15, 0.2) is 12.2 Å².